The zero-order valence-corrected chi connectivity index (χ0v) is 13.8. The van der Waals surface area contributed by atoms with Crippen molar-refractivity contribution < 1.29 is 14.3 Å². The molecule has 24 heavy (non-hydrogen) atoms. The van der Waals surface area contributed by atoms with Crippen LogP contribution in [0, 0.1) is 0 Å². The summed E-state index contributed by atoms with van der Waals surface area (Å²) in [5, 5.41) is 2.94. The number of nitrogens with one attached hydrogen (secondary N) is 1. The highest BCUT2D eigenvalue weighted by Gasteiger charge is 2.31. The maximum Gasteiger partial charge on any atom is 0.289 e. The normalized spacial score (nSPS) is 19.8. The minimum atomic E-state index is -0.264. The highest BCUT2D eigenvalue weighted by molar-refractivity contribution is 5.91. The molecule has 0 radical (unpaired) electrons. The Hall–Kier alpha value is -2.32. The number of methoxy groups -OCH3 is 1. The Morgan fingerprint density at radius 2 is 2.25 bits per heavy atom. The van der Waals surface area contributed by atoms with E-state index >= 15 is 0 Å². The molecule has 1 amide bonds. The first kappa shape index (κ1) is 16.5. The van der Waals surface area contributed by atoms with Crippen molar-refractivity contribution in [3.05, 3.63) is 30.6 Å². The van der Waals surface area contributed by atoms with Crippen LogP contribution in [0.4, 0.5) is 0 Å². The maximum atomic E-state index is 12.3. The first-order chi connectivity index (χ1) is 11.7. The number of imidazole rings is 1. The SMILES string of the molecule is COCCOC1CC(NC(=O)c2nccc(-c3cncn3C)n2)C1. The summed E-state index contributed by atoms with van der Waals surface area (Å²) in [4.78, 5) is 24.8. The van der Waals surface area contributed by atoms with Gasteiger partial charge in [0.05, 0.1) is 43.2 Å². The van der Waals surface area contributed by atoms with Gasteiger partial charge in [0.1, 0.15) is 0 Å². The maximum absolute atomic E-state index is 12.3. The summed E-state index contributed by atoms with van der Waals surface area (Å²) in [5.74, 6) is -0.100. The van der Waals surface area contributed by atoms with Gasteiger partial charge in [-0.15, -0.1) is 0 Å². The number of ether oxygens (including phenoxy) is 2. The molecule has 1 N–H and O–H groups in total. The average Bonchev–Trinajstić information content (AvgIpc) is 2.98. The lowest BCUT2D eigenvalue weighted by Crippen LogP contribution is -2.48. The molecule has 0 unspecified atom stereocenters. The highest BCUT2D eigenvalue weighted by Crippen LogP contribution is 2.23. The van der Waals surface area contributed by atoms with E-state index in [-0.39, 0.29) is 23.9 Å². The number of hydrogen-bond acceptors (Lipinski definition) is 6. The minimum absolute atomic E-state index is 0.106. The predicted octanol–water partition coefficient (Wildman–Crippen LogP) is 0.801. The number of aromatic nitrogens is 4. The second kappa shape index (κ2) is 7.50. The molecule has 0 aliphatic heterocycles. The molecule has 2 aromatic rings. The smallest absolute Gasteiger partial charge is 0.289 e. The molecular formula is C16H21N5O3. The lowest BCUT2D eigenvalue weighted by Gasteiger charge is -2.35. The molecule has 1 aliphatic carbocycles. The Morgan fingerprint density at radius 3 is 2.96 bits per heavy atom. The fraction of sp³-hybridized carbons (Fsp3) is 0.500. The van der Waals surface area contributed by atoms with E-state index in [1.54, 1.807) is 31.9 Å². The molecule has 0 saturated heterocycles. The number of nitrogens with zero attached hydrogens (tertiary/aromatic N) is 4. The van der Waals surface area contributed by atoms with Crippen molar-refractivity contribution in [2.24, 2.45) is 7.05 Å². The van der Waals surface area contributed by atoms with E-state index < -0.39 is 0 Å². The third-order valence-corrected chi connectivity index (χ3v) is 4.01. The van der Waals surface area contributed by atoms with Gasteiger partial charge in [0.2, 0.25) is 5.82 Å². The average molecular weight is 331 g/mol. The largest absolute Gasteiger partial charge is 0.382 e. The van der Waals surface area contributed by atoms with E-state index in [1.165, 1.54) is 0 Å². The fourth-order valence-electron chi connectivity index (χ4n) is 2.58. The Balaban J connectivity index is 1.54. The van der Waals surface area contributed by atoms with Crippen LogP contribution in [0.15, 0.2) is 24.8 Å². The molecule has 1 saturated carbocycles. The Kier molecular flexibility index (Phi) is 5.17. The molecule has 8 heteroatoms. The Bertz CT molecular complexity index is 697. The van der Waals surface area contributed by atoms with E-state index in [2.05, 4.69) is 20.3 Å². The van der Waals surface area contributed by atoms with Gasteiger partial charge in [-0.1, -0.05) is 0 Å². The van der Waals surface area contributed by atoms with Crippen molar-refractivity contribution in [3.8, 4) is 11.4 Å². The lowest BCUT2D eigenvalue weighted by atomic mass is 9.89. The molecule has 2 heterocycles. The van der Waals surface area contributed by atoms with Gasteiger partial charge in [-0.25, -0.2) is 15.0 Å². The van der Waals surface area contributed by atoms with Crippen molar-refractivity contribution in [3.63, 3.8) is 0 Å². The summed E-state index contributed by atoms with van der Waals surface area (Å²) in [7, 11) is 3.52. The van der Waals surface area contributed by atoms with Gasteiger partial charge in [-0.2, -0.15) is 0 Å². The van der Waals surface area contributed by atoms with Crippen LogP contribution in [0.25, 0.3) is 11.4 Å². The highest BCUT2D eigenvalue weighted by atomic mass is 16.5. The third-order valence-electron chi connectivity index (χ3n) is 4.01. The van der Waals surface area contributed by atoms with Crippen LogP contribution in [0.3, 0.4) is 0 Å². The van der Waals surface area contributed by atoms with Gasteiger partial charge in [0.15, 0.2) is 0 Å². The van der Waals surface area contributed by atoms with E-state index in [1.807, 2.05) is 11.6 Å². The summed E-state index contributed by atoms with van der Waals surface area (Å²) < 4.78 is 12.4. The van der Waals surface area contributed by atoms with Gasteiger partial charge in [-0.05, 0) is 18.9 Å². The van der Waals surface area contributed by atoms with E-state index in [0.29, 0.717) is 18.9 Å². The van der Waals surface area contributed by atoms with Crippen molar-refractivity contribution >= 4 is 5.91 Å². The van der Waals surface area contributed by atoms with Crippen LogP contribution < -0.4 is 5.32 Å². The van der Waals surface area contributed by atoms with Crippen molar-refractivity contribution in [1.29, 1.82) is 0 Å². The topological polar surface area (TPSA) is 91.2 Å². The molecule has 8 nitrogen and oxygen atoms in total. The summed E-state index contributed by atoms with van der Waals surface area (Å²) in [6.45, 7) is 1.17. The Morgan fingerprint density at radius 1 is 1.42 bits per heavy atom. The predicted molar refractivity (Wildman–Crippen MR) is 86.3 cm³/mol. The number of amides is 1. The summed E-state index contributed by atoms with van der Waals surface area (Å²) in [5.41, 5.74) is 1.51. The van der Waals surface area contributed by atoms with Crippen molar-refractivity contribution in [1.82, 2.24) is 24.8 Å². The van der Waals surface area contributed by atoms with Crippen LogP contribution in [0.5, 0.6) is 0 Å². The molecular weight excluding hydrogens is 310 g/mol. The number of aryl methyl sites for hydroxylation is 1. The number of carbonyl (C=O) groups is 1. The van der Waals surface area contributed by atoms with Crippen molar-refractivity contribution in [2.45, 2.75) is 25.0 Å². The fourth-order valence-corrected chi connectivity index (χ4v) is 2.58. The van der Waals surface area contributed by atoms with Crippen LogP contribution >= 0.6 is 0 Å². The van der Waals surface area contributed by atoms with Gasteiger partial charge < -0.3 is 19.4 Å². The molecule has 0 bridgehead atoms. The van der Waals surface area contributed by atoms with Gasteiger partial charge >= 0.3 is 0 Å². The molecule has 1 aliphatic rings. The lowest BCUT2D eigenvalue weighted by molar-refractivity contribution is -0.0343. The molecule has 3 rings (SSSR count). The molecule has 0 atom stereocenters. The second-order valence-corrected chi connectivity index (χ2v) is 5.78. The minimum Gasteiger partial charge on any atom is -0.382 e. The van der Waals surface area contributed by atoms with E-state index in [0.717, 1.165) is 18.5 Å². The molecule has 128 valence electrons. The van der Waals surface area contributed by atoms with Gasteiger partial charge in [-0.3, -0.25) is 4.79 Å². The van der Waals surface area contributed by atoms with Crippen LogP contribution in [0.2, 0.25) is 0 Å². The standard InChI is InChI=1S/C16H21N5O3/c1-21-10-17-9-14(21)13-3-4-18-15(20-13)16(22)19-11-7-12(8-11)24-6-5-23-2/h3-4,9-12H,5-8H2,1-2H3,(H,19,22). The first-order valence-electron chi connectivity index (χ1n) is 7.88. The first-order valence-corrected chi connectivity index (χ1v) is 7.88. The third kappa shape index (κ3) is 3.77. The van der Waals surface area contributed by atoms with Crippen molar-refractivity contribution in [2.75, 3.05) is 20.3 Å². The summed E-state index contributed by atoms with van der Waals surface area (Å²) >= 11 is 0. The second-order valence-electron chi connectivity index (χ2n) is 5.78. The van der Waals surface area contributed by atoms with Crippen LogP contribution in [0.1, 0.15) is 23.5 Å². The van der Waals surface area contributed by atoms with Crippen LogP contribution in [-0.4, -0.2) is 57.9 Å². The summed E-state index contributed by atoms with van der Waals surface area (Å²) in [6.07, 6.45) is 6.77. The molecule has 2 aromatic heterocycles. The zero-order valence-electron chi connectivity index (χ0n) is 13.8. The quantitative estimate of drug-likeness (QED) is 0.755. The molecule has 0 aromatic carbocycles. The monoisotopic (exact) mass is 331 g/mol. The molecule has 0 spiro atoms. The van der Waals surface area contributed by atoms with E-state index in [9.17, 15) is 4.79 Å². The van der Waals surface area contributed by atoms with Gasteiger partial charge in [0, 0.05) is 26.4 Å². The molecule has 1 fully saturated rings. The number of carbonyl (C=O) groups excluding carboxylic acids is 1. The Labute approximate surface area is 140 Å². The zero-order chi connectivity index (χ0) is 16.9. The number of rotatable bonds is 7. The van der Waals surface area contributed by atoms with E-state index in [4.69, 9.17) is 9.47 Å². The summed E-state index contributed by atoms with van der Waals surface area (Å²) in [6, 6.07) is 1.87. The van der Waals surface area contributed by atoms with Gasteiger partial charge in [0.25, 0.3) is 5.91 Å². The number of hydrogen-bond donors (Lipinski definition) is 1. The van der Waals surface area contributed by atoms with Crippen LogP contribution in [-0.2, 0) is 16.5 Å².